The minimum atomic E-state index is -0.329. The van der Waals surface area contributed by atoms with Crippen molar-refractivity contribution < 1.29 is 9.18 Å². The van der Waals surface area contributed by atoms with Gasteiger partial charge in [0.1, 0.15) is 10.8 Å². The third-order valence-corrected chi connectivity index (χ3v) is 4.16. The average Bonchev–Trinajstić information content (AvgIpc) is 2.42. The molecule has 0 aromatic heterocycles. The molecule has 1 aromatic rings. The summed E-state index contributed by atoms with van der Waals surface area (Å²) in [6, 6.07) is 5.12. The van der Waals surface area contributed by atoms with E-state index >= 15 is 0 Å². The van der Waals surface area contributed by atoms with Gasteiger partial charge in [0.25, 0.3) is 0 Å². The topological polar surface area (TPSA) is 72.4 Å². The van der Waals surface area contributed by atoms with E-state index in [4.69, 9.17) is 23.7 Å². The maximum absolute atomic E-state index is 14.3. The number of benzene rings is 1. The Labute approximate surface area is 129 Å². The van der Waals surface area contributed by atoms with Gasteiger partial charge in [-0.25, -0.2) is 4.39 Å². The molecule has 1 heterocycles. The highest BCUT2D eigenvalue weighted by Crippen LogP contribution is 2.23. The van der Waals surface area contributed by atoms with Crippen molar-refractivity contribution in [1.29, 1.82) is 0 Å². The molecule has 2 rings (SSSR count). The number of piperidine rings is 1. The second kappa shape index (κ2) is 6.95. The summed E-state index contributed by atoms with van der Waals surface area (Å²) in [6.45, 7) is 2.22. The van der Waals surface area contributed by atoms with E-state index in [2.05, 4.69) is 4.90 Å². The Bertz CT molecular complexity index is 542. The highest BCUT2D eigenvalue weighted by molar-refractivity contribution is 7.80. The number of thiocarbonyl (C=S) groups is 1. The smallest absolute Gasteiger partial charge is 0.217 e. The summed E-state index contributed by atoms with van der Waals surface area (Å²) in [5.74, 6) is -0.223. The van der Waals surface area contributed by atoms with Crippen molar-refractivity contribution >= 4 is 23.1 Å². The number of likely N-dealkylation sites (tertiary alicyclic amines) is 1. The molecular formula is C15H20FN3OS. The molecule has 114 valence electrons. The molecule has 0 saturated carbocycles. The van der Waals surface area contributed by atoms with Crippen LogP contribution >= 0.6 is 12.2 Å². The predicted octanol–water partition coefficient (Wildman–Crippen LogP) is 1.55. The Morgan fingerprint density at radius 1 is 1.33 bits per heavy atom. The van der Waals surface area contributed by atoms with Gasteiger partial charge in [-0.2, -0.15) is 0 Å². The summed E-state index contributed by atoms with van der Waals surface area (Å²) >= 11 is 4.85. The van der Waals surface area contributed by atoms with Gasteiger partial charge in [-0.3, -0.25) is 9.69 Å². The second-order valence-corrected chi connectivity index (χ2v) is 5.97. The van der Waals surface area contributed by atoms with E-state index < -0.39 is 0 Å². The third kappa shape index (κ3) is 4.22. The van der Waals surface area contributed by atoms with Gasteiger partial charge in [0.2, 0.25) is 5.91 Å². The van der Waals surface area contributed by atoms with Crippen LogP contribution in [-0.4, -0.2) is 28.9 Å². The molecule has 4 N–H and O–H groups in total. The number of halogens is 1. The van der Waals surface area contributed by atoms with Crippen molar-refractivity contribution in [2.24, 2.45) is 17.4 Å². The number of hydrogen-bond acceptors (Lipinski definition) is 3. The number of nitrogens with two attached hydrogens (primary N) is 2. The summed E-state index contributed by atoms with van der Waals surface area (Å²) in [7, 11) is 0. The lowest BCUT2D eigenvalue weighted by atomic mass is 9.93. The summed E-state index contributed by atoms with van der Waals surface area (Å²) in [5, 5.41) is 0. The van der Waals surface area contributed by atoms with E-state index in [9.17, 15) is 9.18 Å². The molecular weight excluding hydrogens is 289 g/mol. The molecule has 0 bridgehead atoms. The van der Waals surface area contributed by atoms with Gasteiger partial charge >= 0.3 is 0 Å². The van der Waals surface area contributed by atoms with Gasteiger partial charge in [-0.05, 0) is 37.9 Å². The first kappa shape index (κ1) is 15.9. The van der Waals surface area contributed by atoms with E-state index in [1.54, 1.807) is 18.2 Å². The van der Waals surface area contributed by atoms with Crippen molar-refractivity contribution in [3.8, 4) is 0 Å². The lowest BCUT2D eigenvalue weighted by molar-refractivity contribution is -0.119. The molecule has 1 amide bonds. The minimum Gasteiger partial charge on any atom is -0.389 e. The van der Waals surface area contributed by atoms with Gasteiger partial charge in [0.05, 0.1) is 0 Å². The Morgan fingerprint density at radius 3 is 2.57 bits per heavy atom. The molecule has 1 saturated heterocycles. The zero-order chi connectivity index (χ0) is 15.4. The van der Waals surface area contributed by atoms with Crippen LogP contribution in [0, 0.1) is 11.7 Å². The summed E-state index contributed by atoms with van der Waals surface area (Å²) in [5.41, 5.74) is 11.6. The molecule has 6 heteroatoms. The van der Waals surface area contributed by atoms with Gasteiger partial charge in [-0.15, -0.1) is 0 Å². The lowest BCUT2D eigenvalue weighted by Crippen LogP contribution is -2.35. The SMILES string of the molecule is NC(=O)CC1CCN(Cc2cccc(C(N)=S)c2F)CC1. The van der Waals surface area contributed by atoms with E-state index in [1.165, 1.54) is 0 Å². The number of rotatable bonds is 5. The molecule has 0 aliphatic carbocycles. The maximum atomic E-state index is 14.3. The first-order chi connectivity index (χ1) is 9.97. The molecule has 0 atom stereocenters. The number of hydrogen-bond donors (Lipinski definition) is 2. The van der Waals surface area contributed by atoms with E-state index in [0.717, 1.165) is 25.9 Å². The monoisotopic (exact) mass is 309 g/mol. The third-order valence-electron chi connectivity index (χ3n) is 3.94. The largest absolute Gasteiger partial charge is 0.389 e. The van der Waals surface area contributed by atoms with Crippen LogP contribution in [0.15, 0.2) is 18.2 Å². The van der Waals surface area contributed by atoms with Crippen LogP contribution in [0.2, 0.25) is 0 Å². The number of carbonyl (C=O) groups excluding carboxylic acids is 1. The summed E-state index contributed by atoms with van der Waals surface area (Å²) in [4.78, 5) is 13.2. The maximum Gasteiger partial charge on any atom is 0.217 e. The quantitative estimate of drug-likeness (QED) is 0.810. The van der Waals surface area contributed by atoms with Crippen LogP contribution in [-0.2, 0) is 11.3 Å². The van der Waals surface area contributed by atoms with Gasteiger partial charge in [0, 0.05) is 24.1 Å². The van der Waals surface area contributed by atoms with Gasteiger partial charge in [-0.1, -0.05) is 24.4 Å². The van der Waals surface area contributed by atoms with Gasteiger partial charge < -0.3 is 11.5 Å². The van der Waals surface area contributed by atoms with Crippen LogP contribution < -0.4 is 11.5 Å². The summed E-state index contributed by atoms with van der Waals surface area (Å²) < 4.78 is 14.3. The highest BCUT2D eigenvalue weighted by Gasteiger charge is 2.21. The van der Waals surface area contributed by atoms with Crippen molar-refractivity contribution in [1.82, 2.24) is 4.90 Å². The summed E-state index contributed by atoms with van der Waals surface area (Å²) in [6.07, 6.45) is 2.28. The van der Waals surface area contributed by atoms with Gasteiger partial charge in [0.15, 0.2) is 0 Å². The predicted molar refractivity (Wildman–Crippen MR) is 84.1 cm³/mol. The fourth-order valence-electron chi connectivity index (χ4n) is 2.77. The Balaban J connectivity index is 1.96. The second-order valence-electron chi connectivity index (χ2n) is 5.53. The standard InChI is InChI=1S/C15H20FN3OS/c16-14-11(2-1-3-12(14)15(18)21)9-19-6-4-10(5-7-19)8-13(17)20/h1-3,10H,4-9H2,(H2,17,20)(H2,18,21). The van der Waals surface area contributed by atoms with Crippen LogP contribution in [0.5, 0.6) is 0 Å². The zero-order valence-electron chi connectivity index (χ0n) is 11.8. The van der Waals surface area contributed by atoms with Crippen molar-refractivity contribution in [3.05, 3.63) is 35.1 Å². The van der Waals surface area contributed by atoms with Crippen molar-refractivity contribution in [3.63, 3.8) is 0 Å². The molecule has 4 nitrogen and oxygen atoms in total. The molecule has 0 spiro atoms. The van der Waals surface area contributed by atoms with E-state index in [-0.39, 0.29) is 16.7 Å². The Hall–Kier alpha value is -1.53. The molecule has 1 aliphatic heterocycles. The Morgan fingerprint density at radius 2 is 2.00 bits per heavy atom. The zero-order valence-corrected chi connectivity index (χ0v) is 12.7. The average molecular weight is 309 g/mol. The highest BCUT2D eigenvalue weighted by atomic mass is 32.1. The fourth-order valence-corrected chi connectivity index (χ4v) is 2.92. The van der Waals surface area contributed by atoms with Crippen LogP contribution in [0.3, 0.4) is 0 Å². The molecule has 21 heavy (non-hydrogen) atoms. The van der Waals surface area contributed by atoms with E-state index in [0.29, 0.717) is 30.0 Å². The normalized spacial score (nSPS) is 16.8. The lowest BCUT2D eigenvalue weighted by Gasteiger charge is -2.31. The minimum absolute atomic E-state index is 0.0783. The first-order valence-corrected chi connectivity index (χ1v) is 7.46. The van der Waals surface area contributed by atoms with Crippen molar-refractivity contribution in [2.75, 3.05) is 13.1 Å². The number of primary amides is 1. The van der Waals surface area contributed by atoms with Crippen LogP contribution in [0.1, 0.15) is 30.4 Å². The first-order valence-electron chi connectivity index (χ1n) is 7.05. The molecule has 0 radical (unpaired) electrons. The fraction of sp³-hybridized carbons (Fsp3) is 0.467. The van der Waals surface area contributed by atoms with E-state index in [1.807, 2.05) is 0 Å². The number of carbonyl (C=O) groups is 1. The molecule has 1 aromatic carbocycles. The molecule has 1 aliphatic rings. The molecule has 0 unspecified atom stereocenters. The number of nitrogens with zero attached hydrogens (tertiary/aromatic N) is 1. The molecule has 1 fully saturated rings. The van der Waals surface area contributed by atoms with Crippen LogP contribution in [0.4, 0.5) is 4.39 Å². The number of amides is 1. The van der Waals surface area contributed by atoms with Crippen LogP contribution in [0.25, 0.3) is 0 Å². The van der Waals surface area contributed by atoms with Crippen molar-refractivity contribution in [2.45, 2.75) is 25.8 Å². The Kier molecular flexibility index (Phi) is 5.25.